The first kappa shape index (κ1) is 21.1. The van der Waals surface area contributed by atoms with Crippen LogP contribution in [0.4, 0.5) is 14.6 Å². The molecule has 0 saturated carbocycles. The maximum Gasteiger partial charge on any atom is 0.285 e. The Morgan fingerprint density at radius 2 is 1.93 bits per heavy atom. The van der Waals surface area contributed by atoms with Crippen molar-refractivity contribution in [2.75, 3.05) is 25.0 Å². The lowest BCUT2D eigenvalue weighted by Gasteiger charge is -2.28. The van der Waals surface area contributed by atoms with E-state index in [2.05, 4.69) is 32.4 Å². The Labute approximate surface area is 169 Å². The summed E-state index contributed by atoms with van der Waals surface area (Å²) in [6.45, 7) is 6.73. The van der Waals surface area contributed by atoms with Crippen molar-refractivity contribution in [1.82, 2.24) is 25.1 Å². The Kier molecular flexibility index (Phi) is 6.74. The highest BCUT2D eigenvalue weighted by atomic mass is 19.3. The number of fused-ring (bicyclic) bond motifs is 1. The van der Waals surface area contributed by atoms with E-state index in [1.165, 1.54) is 18.5 Å². The third-order valence-electron chi connectivity index (χ3n) is 5.22. The SMILES string of the molecule is CCC(CCN(CC)CC(F)(F)c1ccc(C)cc1)Nc1ncnc2[nH]ncc12. The molecule has 0 amide bonds. The van der Waals surface area contributed by atoms with Gasteiger partial charge in [0, 0.05) is 18.2 Å². The van der Waals surface area contributed by atoms with Gasteiger partial charge in [0.05, 0.1) is 18.1 Å². The van der Waals surface area contributed by atoms with Crippen LogP contribution in [0, 0.1) is 6.92 Å². The molecule has 6 nitrogen and oxygen atoms in total. The molecule has 0 aliphatic heterocycles. The molecule has 0 bridgehead atoms. The molecule has 8 heteroatoms. The highest BCUT2D eigenvalue weighted by Gasteiger charge is 2.33. The van der Waals surface area contributed by atoms with Crippen LogP contribution in [0.3, 0.4) is 0 Å². The Morgan fingerprint density at radius 1 is 1.17 bits per heavy atom. The van der Waals surface area contributed by atoms with Crippen molar-refractivity contribution >= 4 is 16.9 Å². The zero-order valence-electron chi connectivity index (χ0n) is 17.1. The predicted molar refractivity (Wildman–Crippen MR) is 111 cm³/mol. The maximum absolute atomic E-state index is 14.7. The molecule has 0 fully saturated rings. The van der Waals surface area contributed by atoms with E-state index in [1.807, 2.05) is 13.8 Å². The maximum atomic E-state index is 14.7. The number of alkyl halides is 2. The molecule has 3 rings (SSSR count). The highest BCUT2D eigenvalue weighted by Crippen LogP contribution is 2.29. The van der Waals surface area contributed by atoms with Crippen molar-refractivity contribution in [3.05, 3.63) is 47.9 Å². The number of H-pyrrole nitrogens is 1. The van der Waals surface area contributed by atoms with E-state index in [0.717, 1.165) is 23.8 Å². The summed E-state index contributed by atoms with van der Waals surface area (Å²) in [5, 5.41) is 11.1. The lowest BCUT2D eigenvalue weighted by molar-refractivity contribution is -0.0372. The van der Waals surface area contributed by atoms with Crippen LogP contribution in [0.25, 0.3) is 11.0 Å². The number of aromatic nitrogens is 4. The largest absolute Gasteiger partial charge is 0.367 e. The minimum Gasteiger partial charge on any atom is -0.367 e. The summed E-state index contributed by atoms with van der Waals surface area (Å²) in [6, 6.07) is 6.62. The zero-order valence-corrected chi connectivity index (χ0v) is 17.1. The van der Waals surface area contributed by atoms with E-state index in [4.69, 9.17) is 0 Å². The number of hydrogen-bond donors (Lipinski definition) is 2. The molecule has 3 aromatic rings. The first-order valence-electron chi connectivity index (χ1n) is 10.0. The first-order valence-corrected chi connectivity index (χ1v) is 10.0. The zero-order chi connectivity index (χ0) is 20.9. The average molecular weight is 402 g/mol. The van der Waals surface area contributed by atoms with Crippen molar-refractivity contribution in [2.45, 2.75) is 45.6 Å². The summed E-state index contributed by atoms with van der Waals surface area (Å²) in [5.41, 5.74) is 1.71. The number of halogens is 2. The van der Waals surface area contributed by atoms with Gasteiger partial charge in [0.15, 0.2) is 5.65 Å². The summed E-state index contributed by atoms with van der Waals surface area (Å²) >= 11 is 0. The number of aromatic amines is 1. The molecular formula is C21H28F2N6. The summed E-state index contributed by atoms with van der Waals surface area (Å²) in [5.74, 6) is -2.17. The monoisotopic (exact) mass is 402 g/mol. The van der Waals surface area contributed by atoms with Gasteiger partial charge in [0.25, 0.3) is 5.92 Å². The summed E-state index contributed by atoms with van der Waals surface area (Å²) < 4.78 is 29.5. The standard InChI is InChI=1S/C21H28F2N6/c1-4-17(27-19-18-12-26-28-20(18)25-14-24-19)10-11-29(5-2)13-21(22,23)16-8-6-15(3)7-9-16/h6-9,12,14,17H,4-5,10-11,13H2,1-3H3,(H2,24,25,26,27,28). The molecule has 1 unspecified atom stereocenters. The number of likely N-dealkylation sites (N-methyl/N-ethyl adjacent to an activating group) is 1. The summed E-state index contributed by atoms with van der Waals surface area (Å²) in [4.78, 5) is 10.2. The van der Waals surface area contributed by atoms with Crippen molar-refractivity contribution < 1.29 is 8.78 Å². The van der Waals surface area contributed by atoms with Crippen LogP contribution >= 0.6 is 0 Å². The van der Waals surface area contributed by atoms with Gasteiger partial charge in [-0.1, -0.05) is 43.7 Å². The van der Waals surface area contributed by atoms with Crippen molar-refractivity contribution in [3.63, 3.8) is 0 Å². The van der Waals surface area contributed by atoms with E-state index >= 15 is 0 Å². The van der Waals surface area contributed by atoms with Crippen LogP contribution in [0.15, 0.2) is 36.8 Å². The van der Waals surface area contributed by atoms with E-state index in [0.29, 0.717) is 24.6 Å². The Morgan fingerprint density at radius 3 is 2.62 bits per heavy atom. The van der Waals surface area contributed by atoms with Gasteiger partial charge in [-0.3, -0.25) is 10.00 Å². The predicted octanol–water partition coefficient (Wildman–Crippen LogP) is 4.36. The van der Waals surface area contributed by atoms with Crippen molar-refractivity contribution in [3.8, 4) is 0 Å². The van der Waals surface area contributed by atoms with Crippen LogP contribution in [-0.4, -0.2) is 50.7 Å². The number of rotatable bonds is 10. The lowest BCUT2D eigenvalue weighted by atomic mass is 10.1. The number of nitrogens with zero attached hydrogens (tertiary/aromatic N) is 4. The molecular weight excluding hydrogens is 374 g/mol. The fourth-order valence-corrected chi connectivity index (χ4v) is 3.31. The minimum atomic E-state index is -2.88. The van der Waals surface area contributed by atoms with E-state index in [-0.39, 0.29) is 18.2 Å². The number of nitrogens with one attached hydrogen (secondary N) is 2. The van der Waals surface area contributed by atoms with Crippen LogP contribution < -0.4 is 5.32 Å². The molecule has 2 aromatic heterocycles. The van der Waals surface area contributed by atoms with Crippen LogP contribution in [0.5, 0.6) is 0 Å². The second-order valence-electron chi connectivity index (χ2n) is 7.33. The second-order valence-corrected chi connectivity index (χ2v) is 7.33. The van der Waals surface area contributed by atoms with Crippen LogP contribution in [0.2, 0.25) is 0 Å². The van der Waals surface area contributed by atoms with Gasteiger partial charge in [0.2, 0.25) is 0 Å². The van der Waals surface area contributed by atoms with Crippen LogP contribution in [-0.2, 0) is 5.92 Å². The average Bonchev–Trinajstić information content (AvgIpc) is 3.20. The van der Waals surface area contributed by atoms with Gasteiger partial charge in [-0.05, 0) is 26.3 Å². The highest BCUT2D eigenvalue weighted by molar-refractivity contribution is 5.85. The third-order valence-corrected chi connectivity index (χ3v) is 5.22. The van der Waals surface area contributed by atoms with Gasteiger partial charge >= 0.3 is 0 Å². The Bertz CT molecular complexity index is 909. The molecule has 1 aromatic carbocycles. The van der Waals surface area contributed by atoms with Crippen LogP contribution in [0.1, 0.15) is 37.8 Å². The van der Waals surface area contributed by atoms with Gasteiger partial charge in [-0.25, -0.2) is 9.97 Å². The van der Waals surface area contributed by atoms with E-state index in [1.54, 1.807) is 23.2 Å². The van der Waals surface area contributed by atoms with E-state index < -0.39 is 5.92 Å². The minimum absolute atomic E-state index is 0.0649. The molecule has 0 aliphatic carbocycles. The molecule has 2 N–H and O–H groups in total. The molecule has 29 heavy (non-hydrogen) atoms. The smallest absolute Gasteiger partial charge is 0.285 e. The quantitative estimate of drug-likeness (QED) is 0.527. The van der Waals surface area contributed by atoms with Gasteiger partial charge in [-0.2, -0.15) is 13.9 Å². The fourth-order valence-electron chi connectivity index (χ4n) is 3.31. The van der Waals surface area contributed by atoms with Gasteiger partial charge < -0.3 is 5.32 Å². The topological polar surface area (TPSA) is 69.7 Å². The molecule has 2 heterocycles. The number of anilines is 1. The van der Waals surface area contributed by atoms with Crippen molar-refractivity contribution in [1.29, 1.82) is 0 Å². The second kappa shape index (κ2) is 9.26. The molecule has 0 spiro atoms. The molecule has 0 radical (unpaired) electrons. The third kappa shape index (κ3) is 5.26. The number of aryl methyl sites for hydroxylation is 1. The first-order chi connectivity index (χ1) is 13.9. The Balaban J connectivity index is 1.61. The lowest BCUT2D eigenvalue weighted by Crippen LogP contribution is -2.37. The fraction of sp³-hybridized carbons (Fsp3) is 0.476. The van der Waals surface area contributed by atoms with E-state index in [9.17, 15) is 8.78 Å². The molecule has 0 aliphatic rings. The number of benzene rings is 1. The Hall–Kier alpha value is -2.61. The van der Waals surface area contributed by atoms with Gasteiger partial charge in [0.1, 0.15) is 12.1 Å². The number of hydrogen-bond acceptors (Lipinski definition) is 5. The molecule has 1 atom stereocenters. The summed E-state index contributed by atoms with van der Waals surface area (Å²) in [6.07, 6.45) is 4.76. The molecule has 0 saturated heterocycles. The van der Waals surface area contributed by atoms with Gasteiger partial charge in [-0.15, -0.1) is 0 Å². The molecule has 156 valence electrons. The normalized spacial score (nSPS) is 13.2. The summed E-state index contributed by atoms with van der Waals surface area (Å²) in [7, 11) is 0. The van der Waals surface area contributed by atoms with Crippen molar-refractivity contribution in [2.24, 2.45) is 0 Å².